The third kappa shape index (κ3) is 4.29. The fourth-order valence-corrected chi connectivity index (χ4v) is 4.29. The van der Waals surface area contributed by atoms with Crippen LogP contribution in [-0.2, 0) is 14.3 Å². The zero-order valence-electron chi connectivity index (χ0n) is 17.2. The Kier molecular flexibility index (Phi) is 5.61. The van der Waals surface area contributed by atoms with Gasteiger partial charge in [0.1, 0.15) is 23.7 Å². The van der Waals surface area contributed by atoms with Crippen molar-refractivity contribution in [3.63, 3.8) is 0 Å². The molecule has 2 aromatic rings. The summed E-state index contributed by atoms with van der Waals surface area (Å²) in [6, 6.07) is 16.1. The van der Waals surface area contributed by atoms with Gasteiger partial charge in [-0.15, -0.1) is 0 Å². The maximum Gasteiger partial charge on any atom is 0.251 e. The van der Waals surface area contributed by atoms with Crippen LogP contribution >= 0.6 is 0 Å². The highest BCUT2D eigenvalue weighted by atomic mass is 16.6. The Balaban J connectivity index is 1.19. The number of fused-ring (bicyclic) bond motifs is 1. The number of carbonyl (C=O) groups is 2. The lowest BCUT2D eigenvalue weighted by atomic mass is 9.84. The standard InChI is InChI=1S/C24H26N2O5/c27-23(15-6-4-7-15)25-19-13-29-22-20(14-30-21(19)22)26-24(28)16-8-5-11-18(12-16)31-17-9-2-1-3-10-17/h1-3,5,8-12,15,19-22H,4,6-7,13-14H2,(H,25,27)(H,26,28)/t19-,20-,21+,22+/m0/s1. The van der Waals surface area contributed by atoms with Gasteiger partial charge < -0.3 is 24.8 Å². The zero-order chi connectivity index (χ0) is 21.2. The summed E-state index contributed by atoms with van der Waals surface area (Å²) in [7, 11) is 0. The van der Waals surface area contributed by atoms with Crippen molar-refractivity contribution in [2.24, 2.45) is 5.92 Å². The normalized spacial score (nSPS) is 27.2. The van der Waals surface area contributed by atoms with Gasteiger partial charge in [0.15, 0.2) is 0 Å². The van der Waals surface area contributed by atoms with Crippen molar-refractivity contribution in [3.05, 3.63) is 60.2 Å². The van der Waals surface area contributed by atoms with Gasteiger partial charge in [0.05, 0.1) is 25.3 Å². The molecule has 0 unspecified atom stereocenters. The Morgan fingerprint density at radius 1 is 0.839 bits per heavy atom. The SMILES string of the molecule is O=C(N[C@H]1CO[C@H]2[C@@H]1OC[C@@H]2NC(=O)C1CCC1)c1cccc(Oc2ccccc2)c1. The minimum atomic E-state index is -0.264. The molecular weight excluding hydrogens is 396 g/mol. The van der Waals surface area contributed by atoms with E-state index in [1.165, 1.54) is 0 Å². The maximum atomic E-state index is 12.8. The first kappa shape index (κ1) is 20.0. The number of benzene rings is 2. The summed E-state index contributed by atoms with van der Waals surface area (Å²) in [4.78, 5) is 25.1. The maximum absolute atomic E-state index is 12.8. The highest BCUT2D eigenvalue weighted by Gasteiger charge is 2.49. The lowest BCUT2D eigenvalue weighted by Gasteiger charge is -2.27. The Bertz CT molecular complexity index is 946. The smallest absolute Gasteiger partial charge is 0.251 e. The Hall–Kier alpha value is -2.90. The Morgan fingerprint density at radius 3 is 2.19 bits per heavy atom. The van der Waals surface area contributed by atoms with Crippen LogP contribution in [0.15, 0.2) is 54.6 Å². The van der Waals surface area contributed by atoms with Gasteiger partial charge in [-0.05, 0) is 43.2 Å². The molecule has 0 aromatic heterocycles. The molecule has 1 saturated carbocycles. The molecule has 1 aliphatic carbocycles. The van der Waals surface area contributed by atoms with Crippen molar-refractivity contribution in [1.29, 1.82) is 0 Å². The molecular formula is C24H26N2O5. The fraction of sp³-hybridized carbons (Fsp3) is 0.417. The summed E-state index contributed by atoms with van der Waals surface area (Å²) in [5.74, 6) is 1.31. The van der Waals surface area contributed by atoms with Gasteiger partial charge in [-0.1, -0.05) is 30.7 Å². The summed E-state index contributed by atoms with van der Waals surface area (Å²) in [6.45, 7) is 0.762. The van der Waals surface area contributed by atoms with E-state index in [1.54, 1.807) is 18.2 Å². The number of nitrogens with one attached hydrogen (secondary N) is 2. The van der Waals surface area contributed by atoms with Crippen LogP contribution in [0.1, 0.15) is 29.6 Å². The molecule has 2 heterocycles. The van der Waals surface area contributed by atoms with E-state index >= 15 is 0 Å². The third-order valence-corrected chi connectivity index (χ3v) is 6.25. The highest BCUT2D eigenvalue weighted by Crippen LogP contribution is 2.30. The topological polar surface area (TPSA) is 85.9 Å². The lowest BCUT2D eigenvalue weighted by Crippen LogP contribution is -2.48. The molecule has 3 fully saturated rings. The molecule has 2 amide bonds. The summed E-state index contributed by atoms with van der Waals surface area (Å²) in [6.07, 6.45) is 2.54. The molecule has 31 heavy (non-hydrogen) atoms. The average Bonchev–Trinajstić information content (AvgIpc) is 3.31. The molecule has 162 valence electrons. The number of rotatable bonds is 6. The molecule has 7 heteroatoms. The van der Waals surface area contributed by atoms with Crippen LogP contribution in [0.2, 0.25) is 0 Å². The van der Waals surface area contributed by atoms with Crippen molar-refractivity contribution in [1.82, 2.24) is 10.6 Å². The quantitative estimate of drug-likeness (QED) is 0.748. The van der Waals surface area contributed by atoms with E-state index in [0.29, 0.717) is 30.3 Å². The van der Waals surface area contributed by atoms with Crippen molar-refractivity contribution < 1.29 is 23.8 Å². The van der Waals surface area contributed by atoms with Crippen LogP contribution in [0.25, 0.3) is 0 Å². The summed E-state index contributed by atoms with van der Waals surface area (Å²) in [5, 5.41) is 6.09. The van der Waals surface area contributed by atoms with Crippen LogP contribution in [0.3, 0.4) is 0 Å². The third-order valence-electron chi connectivity index (χ3n) is 6.25. The van der Waals surface area contributed by atoms with Gasteiger partial charge in [0.25, 0.3) is 5.91 Å². The molecule has 0 radical (unpaired) electrons. The molecule has 2 aromatic carbocycles. The molecule has 2 aliphatic heterocycles. The number of hydrogen-bond acceptors (Lipinski definition) is 5. The first-order valence-corrected chi connectivity index (χ1v) is 10.8. The molecule has 7 nitrogen and oxygen atoms in total. The van der Waals surface area contributed by atoms with E-state index in [4.69, 9.17) is 14.2 Å². The second-order valence-corrected chi connectivity index (χ2v) is 8.36. The predicted octanol–water partition coefficient (Wildman–Crippen LogP) is 2.66. The number of para-hydroxylation sites is 1. The number of hydrogen-bond donors (Lipinski definition) is 2. The van der Waals surface area contributed by atoms with Crippen molar-refractivity contribution in [3.8, 4) is 11.5 Å². The van der Waals surface area contributed by atoms with Gasteiger partial charge in [-0.3, -0.25) is 9.59 Å². The van der Waals surface area contributed by atoms with Gasteiger partial charge >= 0.3 is 0 Å². The average molecular weight is 422 g/mol. The van der Waals surface area contributed by atoms with E-state index in [2.05, 4.69) is 10.6 Å². The summed E-state index contributed by atoms with van der Waals surface area (Å²) in [5.41, 5.74) is 0.504. The van der Waals surface area contributed by atoms with E-state index in [1.807, 2.05) is 36.4 Å². The van der Waals surface area contributed by atoms with Crippen LogP contribution in [-0.4, -0.2) is 49.3 Å². The summed E-state index contributed by atoms with van der Waals surface area (Å²) >= 11 is 0. The molecule has 2 saturated heterocycles. The first-order valence-electron chi connectivity index (χ1n) is 10.8. The van der Waals surface area contributed by atoms with E-state index < -0.39 is 0 Å². The van der Waals surface area contributed by atoms with Crippen LogP contribution < -0.4 is 15.4 Å². The Labute approximate surface area is 181 Å². The van der Waals surface area contributed by atoms with E-state index in [-0.39, 0.29) is 42.0 Å². The number of ether oxygens (including phenoxy) is 3. The zero-order valence-corrected chi connectivity index (χ0v) is 17.2. The molecule has 3 aliphatic rings. The fourth-order valence-electron chi connectivity index (χ4n) is 4.29. The minimum absolute atomic E-state index is 0.0896. The minimum Gasteiger partial charge on any atom is -0.457 e. The van der Waals surface area contributed by atoms with Crippen molar-refractivity contribution in [2.75, 3.05) is 13.2 Å². The number of carbonyl (C=O) groups excluding carboxylic acids is 2. The monoisotopic (exact) mass is 422 g/mol. The van der Waals surface area contributed by atoms with Gasteiger partial charge in [-0.25, -0.2) is 0 Å². The predicted molar refractivity (Wildman–Crippen MR) is 113 cm³/mol. The van der Waals surface area contributed by atoms with Crippen LogP contribution in [0.5, 0.6) is 11.5 Å². The first-order chi connectivity index (χ1) is 15.2. The largest absolute Gasteiger partial charge is 0.457 e. The summed E-state index contributed by atoms with van der Waals surface area (Å²) < 4.78 is 17.6. The molecule has 0 spiro atoms. The van der Waals surface area contributed by atoms with Gasteiger partial charge in [0.2, 0.25) is 5.91 Å². The van der Waals surface area contributed by atoms with Crippen LogP contribution in [0, 0.1) is 5.92 Å². The number of amides is 2. The molecule has 5 rings (SSSR count). The molecule has 2 N–H and O–H groups in total. The van der Waals surface area contributed by atoms with Gasteiger partial charge in [0, 0.05) is 11.5 Å². The second kappa shape index (κ2) is 8.69. The highest BCUT2D eigenvalue weighted by molar-refractivity contribution is 5.94. The van der Waals surface area contributed by atoms with E-state index in [9.17, 15) is 9.59 Å². The van der Waals surface area contributed by atoms with Gasteiger partial charge in [-0.2, -0.15) is 0 Å². The molecule has 0 bridgehead atoms. The Morgan fingerprint density at radius 2 is 1.52 bits per heavy atom. The second-order valence-electron chi connectivity index (χ2n) is 8.36. The van der Waals surface area contributed by atoms with E-state index in [0.717, 1.165) is 19.3 Å². The molecule has 4 atom stereocenters. The van der Waals surface area contributed by atoms with Crippen LogP contribution in [0.4, 0.5) is 0 Å². The lowest BCUT2D eigenvalue weighted by molar-refractivity contribution is -0.128. The van der Waals surface area contributed by atoms with Crippen molar-refractivity contribution in [2.45, 2.75) is 43.6 Å². The van der Waals surface area contributed by atoms with Crippen molar-refractivity contribution >= 4 is 11.8 Å².